The van der Waals surface area contributed by atoms with Crippen molar-refractivity contribution in [2.24, 2.45) is 11.1 Å². The number of fused-ring (bicyclic) bond motifs is 1. The van der Waals surface area contributed by atoms with Crippen LogP contribution >= 0.6 is 0 Å². The second-order valence-corrected chi connectivity index (χ2v) is 6.92. The molecule has 5 nitrogen and oxygen atoms in total. The zero-order valence-electron chi connectivity index (χ0n) is 15.3. The number of nitrogens with zero attached hydrogens (tertiary/aromatic N) is 1. The second kappa shape index (κ2) is 6.90. The van der Waals surface area contributed by atoms with Crippen molar-refractivity contribution in [3.63, 3.8) is 0 Å². The van der Waals surface area contributed by atoms with Crippen LogP contribution in [0.5, 0.6) is 17.2 Å². The highest BCUT2D eigenvalue weighted by Crippen LogP contribution is 2.51. The van der Waals surface area contributed by atoms with Crippen LogP contribution in [0.1, 0.15) is 37.3 Å². The Morgan fingerprint density at radius 2 is 1.85 bits per heavy atom. The number of methoxy groups -OCH3 is 1. The number of hydrogen-bond acceptors (Lipinski definition) is 5. The predicted molar refractivity (Wildman–Crippen MR) is 99.2 cm³/mol. The summed E-state index contributed by atoms with van der Waals surface area (Å²) < 4.78 is 16.2. The lowest BCUT2D eigenvalue weighted by Crippen LogP contribution is -2.08. The molecule has 4 rings (SSSR count). The van der Waals surface area contributed by atoms with E-state index in [2.05, 4.69) is 17.3 Å². The molecule has 2 aliphatic rings. The van der Waals surface area contributed by atoms with E-state index >= 15 is 0 Å². The molecule has 0 bridgehead atoms. The van der Waals surface area contributed by atoms with Gasteiger partial charge in [-0.3, -0.25) is 0 Å². The number of rotatable bonds is 6. The molecule has 1 saturated carbocycles. The van der Waals surface area contributed by atoms with Crippen molar-refractivity contribution in [3.8, 4) is 17.2 Å². The summed E-state index contributed by atoms with van der Waals surface area (Å²) in [5.41, 5.74) is 3.31. The Bertz CT molecular complexity index is 813. The first-order valence-corrected chi connectivity index (χ1v) is 8.93. The maximum absolute atomic E-state index is 5.59. The smallest absolute Gasteiger partial charge is 0.231 e. The van der Waals surface area contributed by atoms with Gasteiger partial charge in [0, 0.05) is 5.92 Å². The Morgan fingerprint density at radius 1 is 1.08 bits per heavy atom. The topological polar surface area (TPSA) is 49.3 Å². The Morgan fingerprint density at radius 3 is 2.58 bits per heavy atom. The van der Waals surface area contributed by atoms with Crippen LogP contribution in [-0.4, -0.2) is 25.7 Å². The van der Waals surface area contributed by atoms with Crippen LogP contribution in [0.15, 0.2) is 47.6 Å². The molecule has 1 aliphatic carbocycles. The normalized spacial score (nSPS) is 21.0. The SMILES string of the molecule is COc1ccc(/C(=N/OC(C)C)[C@@H]2C[C@H]2c2ccc3c(c2)OCO3)cc1. The van der Waals surface area contributed by atoms with Gasteiger partial charge >= 0.3 is 0 Å². The summed E-state index contributed by atoms with van der Waals surface area (Å²) in [4.78, 5) is 5.59. The van der Waals surface area contributed by atoms with Gasteiger partial charge < -0.3 is 19.0 Å². The maximum Gasteiger partial charge on any atom is 0.231 e. The highest BCUT2D eigenvalue weighted by Gasteiger charge is 2.43. The van der Waals surface area contributed by atoms with Crippen molar-refractivity contribution in [3.05, 3.63) is 53.6 Å². The fourth-order valence-electron chi connectivity index (χ4n) is 3.27. The third kappa shape index (κ3) is 3.34. The van der Waals surface area contributed by atoms with Crippen LogP contribution in [0.25, 0.3) is 0 Å². The van der Waals surface area contributed by atoms with Gasteiger partial charge in [-0.2, -0.15) is 0 Å². The Hall–Kier alpha value is -2.69. The van der Waals surface area contributed by atoms with Crippen LogP contribution in [0.4, 0.5) is 0 Å². The van der Waals surface area contributed by atoms with Crippen molar-refractivity contribution < 1.29 is 19.0 Å². The van der Waals surface area contributed by atoms with Gasteiger partial charge in [0.2, 0.25) is 6.79 Å². The molecular weight excluding hydrogens is 330 g/mol. The fourth-order valence-corrected chi connectivity index (χ4v) is 3.27. The summed E-state index contributed by atoms with van der Waals surface area (Å²) in [6, 6.07) is 14.2. The van der Waals surface area contributed by atoms with E-state index in [0.29, 0.717) is 18.6 Å². The Kier molecular flexibility index (Phi) is 4.45. The molecule has 0 aromatic heterocycles. The summed E-state index contributed by atoms with van der Waals surface area (Å²) in [6.45, 7) is 4.27. The van der Waals surface area contributed by atoms with Crippen molar-refractivity contribution in [1.29, 1.82) is 0 Å². The quantitative estimate of drug-likeness (QED) is 0.572. The molecule has 2 atom stereocenters. The molecule has 0 spiro atoms. The summed E-state index contributed by atoms with van der Waals surface area (Å²) >= 11 is 0. The molecule has 0 amide bonds. The summed E-state index contributed by atoms with van der Waals surface area (Å²) in [7, 11) is 1.67. The number of oxime groups is 1. The first-order chi connectivity index (χ1) is 12.7. The Balaban J connectivity index is 1.58. The maximum atomic E-state index is 5.59. The minimum Gasteiger partial charge on any atom is -0.497 e. The monoisotopic (exact) mass is 353 g/mol. The van der Waals surface area contributed by atoms with E-state index in [4.69, 9.17) is 19.0 Å². The van der Waals surface area contributed by atoms with Crippen LogP contribution in [0.3, 0.4) is 0 Å². The van der Waals surface area contributed by atoms with E-state index in [9.17, 15) is 0 Å². The van der Waals surface area contributed by atoms with Gasteiger partial charge in [-0.1, -0.05) is 11.2 Å². The molecule has 0 saturated heterocycles. The van der Waals surface area contributed by atoms with E-state index in [-0.39, 0.29) is 6.10 Å². The molecule has 1 fully saturated rings. The number of hydrogen-bond donors (Lipinski definition) is 0. The predicted octanol–water partition coefficient (Wildman–Crippen LogP) is 4.36. The van der Waals surface area contributed by atoms with Gasteiger partial charge in [-0.25, -0.2) is 0 Å². The molecule has 5 heteroatoms. The van der Waals surface area contributed by atoms with Gasteiger partial charge in [-0.15, -0.1) is 0 Å². The third-order valence-electron chi connectivity index (χ3n) is 4.71. The molecule has 1 heterocycles. The van der Waals surface area contributed by atoms with Gasteiger partial charge in [0.05, 0.1) is 12.8 Å². The zero-order valence-corrected chi connectivity index (χ0v) is 15.3. The van der Waals surface area contributed by atoms with Crippen LogP contribution < -0.4 is 14.2 Å². The highest BCUT2D eigenvalue weighted by molar-refractivity contribution is 6.04. The van der Waals surface area contributed by atoms with Crippen molar-refractivity contribution in [1.82, 2.24) is 0 Å². The first-order valence-electron chi connectivity index (χ1n) is 8.93. The van der Waals surface area contributed by atoms with Crippen molar-refractivity contribution in [2.45, 2.75) is 32.3 Å². The Labute approximate surface area is 153 Å². The van der Waals surface area contributed by atoms with E-state index in [1.165, 1.54) is 5.56 Å². The molecule has 0 radical (unpaired) electrons. The minimum atomic E-state index is 0.0472. The zero-order chi connectivity index (χ0) is 18.1. The van der Waals surface area contributed by atoms with Crippen LogP contribution in [0, 0.1) is 5.92 Å². The number of ether oxygens (including phenoxy) is 3. The van der Waals surface area contributed by atoms with E-state index in [1.807, 2.05) is 44.2 Å². The summed E-state index contributed by atoms with van der Waals surface area (Å²) in [5.74, 6) is 3.23. The largest absolute Gasteiger partial charge is 0.497 e. The number of benzene rings is 2. The summed E-state index contributed by atoms with van der Waals surface area (Å²) in [6.07, 6.45) is 1.09. The molecule has 0 unspecified atom stereocenters. The van der Waals surface area contributed by atoms with E-state index in [1.54, 1.807) is 7.11 Å². The lowest BCUT2D eigenvalue weighted by Gasteiger charge is -2.10. The standard InChI is InChI=1S/C21H23NO4/c1-13(2)26-22-21(14-4-7-16(23-3)8-5-14)18-11-17(18)15-6-9-19-20(10-15)25-12-24-19/h4-10,13,17-18H,11-12H2,1-3H3/b22-21-/t17-,18+/m0/s1. The third-order valence-corrected chi connectivity index (χ3v) is 4.71. The highest BCUT2D eigenvalue weighted by atomic mass is 16.7. The van der Waals surface area contributed by atoms with E-state index in [0.717, 1.165) is 34.9 Å². The average Bonchev–Trinajstić information content (AvgIpc) is 3.29. The van der Waals surface area contributed by atoms with Crippen LogP contribution in [-0.2, 0) is 4.84 Å². The van der Waals surface area contributed by atoms with Gasteiger partial charge in [0.25, 0.3) is 0 Å². The second-order valence-electron chi connectivity index (χ2n) is 6.92. The average molecular weight is 353 g/mol. The van der Waals surface area contributed by atoms with Gasteiger partial charge in [0.1, 0.15) is 11.9 Å². The van der Waals surface area contributed by atoms with Crippen molar-refractivity contribution in [2.75, 3.05) is 13.9 Å². The molecular formula is C21H23NO4. The van der Waals surface area contributed by atoms with Gasteiger partial charge in [0.15, 0.2) is 11.5 Å². The van der Waals surface area contributed by atoms with Crippen molar-refractivity contribution >= 4 is 5.71 Å². The molecule has 2 aromatic rings. The lowest BCUT2D eigenvalue weighted by atomic mass is 10.0. The molecule has 1 aliphatic heterocycles. The molecule has 136 valence electrons. The summed E-state index contributed by atoms with van der Waals surface area (Å²) in [5, 5.41) is 4.48. The molecule has 0 N–H and O–H groups in total. The first kappa shape index (κ1) is 16.8. The fraction of sp³-hybridized carbons (Fsp3) is 0.381. The van der Waals surface area contributed by atoms with Gasteiger partial charge in [-0.05, 0) is 73.7 Å². The van der Waals surface area contributed by atoms with E-state index < -0.39 is 0 Å². The van der Waals surface area contributed by atoms with Crippen LogP contribution in [0.2, 0.25) is 0 Å². The minimum absolute atomic E-state index is 0.0472. The molecule has 2 aromatic carbocycles. The molecule has 26 heavy (non-hydrogen) atoms. The lowest BCUT2D eigenvalue weighted by molar-refractivity contribution is 0.0854.